The molecule has 2 aromatic heterocycles. The Morgan fingerprint density at radius 2 is 1.72 bits per heavy atom. The van der Waals surface area contributed by atoms with Gasteiger partial charge in [0, 0.05) is 13.6 Å². The van der Waals surface area contributed by atoms with Crippen molar-refractivity contribution in [3.63, 3.8) is 0 Å². The first-order valence-electron chi connectivity index (χ1n) is 7.72. The van der Waals surface area contributed by atoms with E-state index in [2.05, 4.69) is 20.3 Å². The number of nitrogens with zero attached hydrogens (tertiary/aromatic N) is 4. The number of alkyl halides is 3. The second-order valence-electron chi connectivity index (χ2n) is 6.42. The van der Waals surface area contributed by atoms with Gasteiger partial charge in [-0.25, -0.2) is 15.0 Å². The number of hydrogen-bond acceptors (Lipinski definition) is 4. The molecule has 0 aliphatic carbocycles. The Balaban J connectivity index is 1.77. The Morgan fingerprint density at radius 3 is 2.36 bits per heavy atom. The van der Waals surface area contributed by atoms with E-state index in [0.29, 0.717) is 18.0 Å². The van der Waals surface area contributed by atoms with Crippen molar-refractivity contribution in [2.45, 2.75) is 32.0 Å². The second kappa shape index (κ2) is 6.02. The summed E-state index contributed by atoms with van der Waals surface area (Å²) < 4.78 is 41.1. The number of imidazole rings is 1. The molecule has 1 aromatic carbocycles. The molecule has 25 heavy (non-hydrogen) atoms. The van der Waals surface area contributed by atoms with Gasteiger partial charge in [-0.05, 0) is 25.0 Å². The van der Waals surface area contributed by atoms with Gasteiger partial charge in [0.15, 0.2) is 11.5 Å². The van der Waals surface area contributed by atoms with Gasteiger partial charge in [0.1, 0.15) is 11.8 Å². The summed E-state index contributed by atoms with van der Waals surface area (Å²) in [5.41, 5.74) is 0.571. The Bertz CT molecular complexity index is 881. The predicted molar refractivity (Wildman–Crippen MR) is 89.2 cm³/mol. The highest BCUT2D eigenvalue weighted by Crippen LogP contribution is 2.40. The van der Waals surface area contributed by atoms with Crippen LogP contribution in [0.3, 0.4) is 0 Å². The zero-order valence-electron chi connectivity index (χ0n) is 14.1. The van der Waals surface area contributed by atoms with Crippen LogP contribution in [-0.2, 0) is 19.0 Å². The van der Waals surface area contributed by atoms with Gasteiger partial charge in [0.2, 0.25) is 0 Å². The van der Waals surface area contributed by atoms with Crippen LogP contribution in [0, 0.1) is 0 Å². The Labute approximate surface area is 142 Å². The number of aromatic nitrogens is 4. The molecular weight excluding hydrogens is 331 g/mol. The van der Waals surface area contributed by atoms with Crippen LogP contribution in [0.4, 0.5) is 19.0 Å². The molecule has 0 amide bonds. The monoisotopic (exact) mass is 349 g/mol. The van der Waals surface area contributed by atoms with E-state index in [1.165, 1.54) is 32.3 Å². The maximum atomic E-state index is 13.1. The number of nitrogens with one attached hydrogen (secondary N) is 1. The summed E-state index contributed by atoms with van der Waals surface area (Å²) >= 11 is 0. The topological polar surface area (TPSA) is 55.6 Å². The minimum Gasteiger partial charge on any atom is -0.364 e. The fourth-order valence-corrected chi connectivity index (χ4v) is 2.51. The molecule has 1 N–H and O–H groups in total. The van der Waals surface area contributed by atoms with Crippen molar-refractivity contribution < 1.29 is 13.2 Å². The van der Waals surface area contributed by atoms with Crippen LogP contribution in [-0.4, -0.2) is 25.7 Å². The van der Waals surface area contributed by atoms with E-state index in [0.717, 1.165) is 11.1 Å². The largest absolute Gasteiger partial charge is 0.397 e. The van der Waals surface area contributed by atoms with E-state index in [9.17, 15) is 13.2 Å². The van der Waals surface area contributed by atoms with E-state index in [4.69, 9.17) is 0 Å². The molecule has 0 saturated carbocycles. The first-order chi connectivity index (χ1) is 11.7. The molecule has 0 saturated heterocycles. The van der Waals surface area contributed by atoms with E-state index in [-0.39, 0.29) is 5.56 Å². The maximum Gasteiger partial charge on any atom is 0.397 e. The normalized spacial score (nSPS) is 12.6. The number of aryl methyl sites for hydroxylation is 1. The molecular formula is C17H18F3N5. The molecule has 0 unspecified atom stereocenters. The van der Waals surface area contributed by atoms with Crippen molar-refractivity contribution in [2.24, 2.45) is 7.05 Å². The first kappa shape index (κ1) is 17.2. The number of halogens is 3. The number of fused-ring (bicyclic) bond motifs is 1. The predicted octanol–water partition coefficient (Wildman–Crippen LogP) is 3.82. The van der Waals surface area contributed by atoms with Crippen LogP contribution in [0.25, 0.3) is 11.2 Å². The smallest absolute Gasteiger partial charge is 0.364 e. The number of rotatable bonds is 4. The average molecular weight is 349 g/mol. The van der Waals surface area contributed by atoms with Gasteiger partial charge in [0.25, 0.3) is 0 Å². The van der Waals surface area contributed by atoms with Gasteiger partial charge in [-0.1, -0.05) is 24.3 Å². The van der Waals surface area contributed by atoms with Crippen molar-refractivity contribution in [1.82, 2.24) is 19.5 Å². The van der Waals surface area contributed by atoms with Crippen LogP contribution in [0.2, 0.25) is 0 Å². The molecule has 0 fully saturated rings. The molecule has 132 valence electrons. The van der Waals surface area contributed by atoms with Crippen LogP contribution >= 0.6 is 0 Å². The third-order valence-corrected chi connectivity index (χ3v) is 4.35. The molecule has 5 nitrogen and oxygen atoms in total. The number of benzene rings is 1. The van der Waals surface area contributed by atoms with Gasteiger partial charge in [-0.3, -0.25) is 0 Å². The van der Waals surface area contributed by atoms with Gasteiger partial charge in [-0.2, -0.15) is 13.2 Å². The fourth-order valence-electron chi connectivity index (χ4n) is 2.51. The number of anilines is 1. The summed E-state index contributed by atoms with van der Waals surface area (Å²) in [6.07, 6.45) is -1.22. The molecule has 0 radical (unpaired) electrons. The van der Waals surface area contributed by atoms with Gasteiger partial charge >= 0.3 is 6.18 Å². The molecule has 0 aliphatic rings. The van der Waals surface area contributed by atoms with Crippen LogP contribution in [0.5, 0.6) is 0 Å². The van der Waals surface area contributed by atoms with Gasteiger partial charge in [-0.15, -0.1) is 0 Å². The molecule has 8 heteroatoms. The third kappa shape index (κ3) is 3.16. The minimum absolute atomic E-state index is 0.236. The van der Waals surface area contributed by atoms with Crippen molar-refractivity contribution in [3.8, 4) is 0 Å². The van der Waals surface area contributed by atoms with Crippen molar-refractivity contribution >= 4 is 17.0 Å². The van der Waals surface area contributed by atoms with Crippen LogP contribution in [0.1, 0.15) is 25.0 Å². The van der Waals surface area contributed by atoms with E-state index >= 15 is 0 Å². The average Bonchev–Trinajstić information content (AvgIpc) is 2.94. The van der Waals surface area contributed by atoms with E-state index in [1.54, 1.807) is 18.5 Å². The number of hydrogen-bond donors (Lipinski definition) is 1. The quantitative estimate of drug-likeness (QED) is 0.778. The molecule has 0 aliphatic heterocycles. The Hall–Kier alpha value is -2.64. The standard InChI is InChI=1S/C17H18F3N5/c1-16(2,17(18,19)20)12-6-4-11(5-7-12)8-21-14-13-15(23-9-22-14)24-10-25(13)3/h4-7,9-10H,8H2,1-3H3,(H,21,22,23). The molecule has 3 aromatic rings. The first-order valence-corrected chi connectivity index (χ1v) is 7.72. The van der Waals surface area contributed by atoms with Gasteiger partial charge < -0.3 is 9.88 Å². The summed E-state index contributed by atoms with van der Waals surface area (Å²) in [5, 5.41) is 3.19. The van der Waals surface area contributed by atoms with Gasteiger partial charge in [0.05, 0.1) is 11.7 Å². The van der Waals surface area contributed by atoms with E-state index in [1.807, 2.05) is 11.6 Å². The fraction of sp³-hybridized carbons (Fsp3) is 0.353. The lowest BCUT2D eigenvalue weighted by molar-refractivity contribution is -0.180. The third-order valence-electron chi connectivity index (χ3n) is 4.35. The Morgan fingerprint density at radius 1 is 1.04 bits per heavy atom. The SMILES string of the molecule is Cn1cnc2ncnc(NCc3ccc(C(C)(C)C(F)(F)F)cc3)c21. The van der Waals surface area contributed by atoms with Crippen molar-refractivity contribution in [2.75, 3.05) is 5.32 Å². The summed E-state index contributed by atoms with van der Waals surface area (Å²) in [6.45, 7) is 2.80. The summed E-state index contributed by atoms with van der Waals surface area (Å²) in [5.74, 6) is 0.629. The molecule has 0 atom stereocenters. The summed E-state index contributed by atoms with van der Waals surface area (Å²) in [7, 11) is 1.85. The highest BCUT2D eigenvalue weighted by molar-refractivity contribution is 5.82. The highest BCUT2D eigenvalue weighted by Gasteiger charge is 2.48. The summed E-state index contributed by atoms with van der Waals surface area (Å²) in [4.78, 5) is 12.5. The highest BCUT2D eigenvalue weighted by atomic mass is 19.4. The zero-order valence-corrected chi connectivity index (χ0v) is 14.1. The molecule has 2 heterocycles. The van der Waals surface area contributed by atoms with Crippen molar-refractivity contribution in [1.29, 1.82) is 0 Å². The second-order valence-corrected chi connectivity index (χ2v) is 6.42. The Kier molecular flexibility index (Phi) is 4.14. The van der Waals surface area contributed by atoms with Crippen LogP contribution < -0.4 is 5.32 Å². The lowest BCUT2D eigenvalue weighted by Gasteiger charge is -2.28. The minimum atomic E-state index is -4.29. The maximum absolute atomic E-state index is 13.1. The summed E-state index contributed by atoms with van der Waals surface area (Å²) in [6, 6.07) is 6.42. The lowest BCUT2D eigenvalue weighted by Crippen LogP contribution is -2.36. The zero-order chi connectivity index (χ0) is 18.2. The molecule has 3 rings (SSSR count). The molecule has 0 spiro atoms. The lowest BCUT2D eigenvalue weighted by atomic mass is 9.83. The van der Waals surface area contributed by atoms with Crippen molar-refractivity contribution in [3.05, 3.63) is 48.0 Å². The van der Waals surface area contributed by atoms with E-state index < -0.39 is 11.6 Å². The van der Waals surface area contributed by atoms with Crippen LogP contribution in [0.15, 0.2) is 36.9 Å². The molecule has 0 bridgehead atoms.